The fraction of sp³-hybridized carbons (Fsp3) is 0.650. The second-order valence-corrected chi connectivity index (χ2v) is 9.15. The van der Waals surface area contributed by atoms with Crippen LogP contribution in [-0.2, 0) is 9.47 Å². The van der Waals surface area contributed by atoms with Crippen molar-refractivity contribution >= 4 is 11.8 Å². The molecule has 0 saturated carbocycles. The molecule has 0 spiro atoms. The van der Waals surface area contributed by atoms with E-state index in [2.05, 4.69) is 37.3 Å². The van der Waals surface area contributed by atoms with Crippen LogP contribution in [0.2, 0.25) is 0 Å². The third kappa shape index (κ3) is 9.32. The van der Waals surface area contributed by atoms with Crippen molar-refractivity contribution in [2.75, 3.05) is 5.75 Å². The highest BCUT2D eigenvalue weighted by atomic mass is 32.2. The minimum atomic E-state index is -0.462. The van der Waals surface area contributed by atoms with E-state index in [1.807, 2.05) is 41.5 Å². The third-order valence-corrected chi connectivity index (χ3v) is 4.24. The SMILES string of the molecule is Cc1ccc(SC[C@@H](C[C@@H](C#N)OC(C)(C)C)OC(C)(C)C)cc1. The summed E-state index contributed by atoms with van der Waals surface area (Å²) >= 11 is 1.76. The Balaban J connectivity index is 2.72. The molecule has 0 aliphatic rings. The van der Waals surface area contributed by atoms with Crippen LogP contribution in [0.15, 0.2) is 29.2 Å². The summed E-state index contributed by atoms with van der Waals surface area (Å²) in [5.41, 5.74) is 0.668. The Kier molecular flexibility index (Phi) is 7.79. The van der Waals surface area contributed by atoms with E-state index in [4.69, 9.17) is 9.47 Å². The molecular formula is C20H31NO2S. The van der Waals surface area contributed by atoms with E-state index in [9.17, 15) is 5.26 Å². The van der Waals surface area contributed by atoms with Gasteiger partial charge in [-0.25, -0.2) is 0 Å². The summed E-state index contributed by atoms with van der Waals surface area (Å²) in [5, 5.41) is 9.41. The first-order valence-corrected chi connectivity index (χ1v) is 9.42. The Bertz CT molecular complexity index is 535. The van der Waals surface area contributed by atoms with Gasteiger partial charge in [-0.15, -0.1) is 11.8 Å². The number of ether oxygens (including phenoxy) is 2. The molecule has 134 valence electrons. The van der Waals surface area contributed by atoms with Crippen molar-refractivity contribution in [2.24, 2.45) is 0 Å². The van der Waals surface area contributed by atoms with Crippen molar-refractivity contribution in [1.29, 1.82) is 5.26 Å². The maximum absolute atomic E-state index is 9.41. The third-order valence-electron chi connectivity index (χ3n) is 3.09. The number of nitrogens with zero attached hydrogens (tertiary/aromatic N) is 1. The van der Waals surface area contributed by atoms with Crippen LogP contribution in [0, 0.1) is 18.3 Å². The molecule has 0 bridgehead atoms. The van der Waals surface area contributed by atoms with Gasteiger partial charge in [0, 0.05) is 17.1 Å². The summed E-state index contributed by atoms with van der Waals surface area (Å²) < 4.78 is 12.0. The summed E-state index contributed by atoms with van der Waals surface area (Å²) in [6.07, 6.45) is 0.0726. The Morgan fingerprint density at radius 3 is 2.00 bits per heavy atom. The van der Waals surface area contributed by atoms with Gasteiger partial charge in [-0.2, -0.15) is 5.26 Å². The molecule has 0 aromatic heterocycles. The van der Waals surface area contributed by atoms with Crippen molar-refractivity contribution < 1.29 is 9.47 Å². The summed E-state index contributed by atoms with van der Waals surface area (Å²) in [4.78, 5) is 1.22. The van der Waals surface area contributed by atoms with Gasteiger partial charge >= 0.3 is 0 Å². The van der Waals surface area contributed by atoms with Crippen molar-refractivity contribution in [3.05, 3.63) is 29.8 Å². The minimum absolute atomic E-state index is 0.0386. The molecule has 0 heterocycles. The van der Waals surface area contributed by atoms with E-state index < -0.39 is 6.10 Å². The van der Waals surface area contributed by atoms with Gasteiger partial charge in [-0.1, -0.05) is 17.7 Å². The topological polar surface area (TPSA) is 42.2 Å². The largest absolute Gasteiger partial charge is 0.372 e. The average molecular weight is 350 g/mol. The van der Waals surface area contributed by atoms with E-state index in [-0.39, 0.29) is 17.3 Å². The minimum Gasteiger partial charge on any atom is -0.372 e. The predicted octanol–water partition coefficient (Wildman–Crippen LogP) is 5.37. The zero-order valence-electron chi connectivity index (χ0n) is 16.1. The van der Waals surface area contributed by atoms with Crippen LogP contribution in [0.1, 0.15) is 53.5 Å². The number of hydrogen-bond acceptors (Lipinski definition) is 4. The first kappa shape index (κ1) is 21.0. The molecule has 3 nitrogen and oxygen atoms in total. The summed E-state index contributed by atoms with van der Waals surface area (Å²) in [6.45, 7) is 14.1. The highest BCUT2D eigenvalue weighted by molar-refractivity contribution is 7.99. The van der Waals surface area contributed by atoms with Crippen LogP contribution >= 0.6 is 11.8 Å². The van der Waals surface area contributed by atoms with Gasteiger partial charge in [0.25, 0.3) is 0 Å². The Morgan fingerprint density at radius 2 is 1.54 bits per heavy atom. The van der Waals surface area contributed by atoms with Crippen LogP contribution in [-0.4, -0.2) is 29.2 Å². The molecule has 1 rings (SSSR count). The lowest BCUT2D eigenvalue weighted by Crippen LogP contribution is -2.35. The van der Waals surface area contributed by atoms with E-state index >= 15 is 0 Å². The Labute approximate surface area is 151 Å². The van der Waals surface area contributed by atoms with Gasteiger partial charge in [-0.05, 0) is 60.6 Å². The van der Waals surface area contributed by atoms with Gasteiger partial charge in [0.1, 0.15) is 6.10 Å². The molecule has 1 aromatic rings. The molecule has 0 aliphatic carbocycles. The summed E-state index contributed by atoms with van der Waals surface area (Å²) in [7, 11) is 0. The van der Waals surface area contributed by atoms with Crippen molar-refractivity contribution in [3.63, 3.8) is 0 Å². The van der Waals surface area contributed by atoms with Crippen molar-refractivity contribution in [2.45, 2.75) is 83.2 Å². The van der Waals surface area contributed by atoms with Crippen LogP contribution < -0.4 is 0 Å². The number of thioether (sulfide) groups is 1. The first-order valence-electron chi connectivity index (χ1n) is 8.43. The van der Waals surface area contributed by atoms with Gasteiger partial charge < -0.3 is 9.47 Å². The van der Waals surface area contributed by atoms with Crippen LogP contribution in [0.4, 0.5) is 0 Å². The summed E-state index contributed by atoms with van der Waals surface area (Å²) in [6, 6.07) is 10.7. The molecule has 2 atom stereocenters. The molecule has 1 aromatic carbocycles. The molecule has 0 saturated heterocycles. The molecule has 0 fully saturated rings. The van der Waals surface area contributed by atoms with E-state index in [1.54, 1.807) is 11.8 Å². The zero-order chi connectivity index (χ0) is 18.4. The zero-order valence-corrected chi connectivity index (χ0v) is 16.9. The lowest BCUT2D eigenvalue weighted by atomic mass is 10.1. The number of aryl methyl sites for hydroxylation is 1. The summed E-state index contributed by atoms with van der Waals surface area (Å²) in [5.74, 6) is 0.798. The second kappa shape index (κ2) is 8.89. The van der Waals surface area contributed by atoms with Gasteiger partial charge in [-0.3, -0.25) is 0 Å². The monoisotopic (exact) mass is 349 g/mol. The number of benzene rings is 1. The Morgan fingerprint density at radius 1 is 1.00 bits per heavy atom. The molecule has 4 heteroatoms. The second-order valence-electron chi connectivity index (χ2n) is 8.06. The van der Waals surface area contributed by atoms with Crippen molar-refractivity contribution in [1.82, 2.24) is 0 Å². The van der Waals surface area contributed by atoms with Gasteiger partial charge in [0.15, 0.2) is 0 Å². The fourth-order valence-electron chi connectivity index (χ4n) is 2.27. The maximum atomic E-state index is 9.41. The number of hydrogen-bond donors (Lipinski definition) is 0. The lowest BCUT2D eigenvalue weighted by molar-refractivity contribution is -0.0903. The quantitative estimate of drug-likeness (QED) is 0.621. The first-order chi connectivity index (χ1) is 11.0. The normalized spacial score (nSPS) is 14.9. The van der Waals surface area contributed by atoms with Crippen LogP contribution in [0.25, 0.3) is 0 Å². The number of rotatable bonds is 7. The lowest BCUT2D eigenvalue weighted by Gasteiger charge is -2.30. The predicted molar refractivity (Wildman–Crippen MR) is 101 cm³/mol. The van der Waals surface area contributed by atoms with E-state index in [1.165, 1.54) is 10.5 Å². The maximum Gasteiger partial charge on any atom is 0.147 e. The fourth-order valence-corrected chi connectivity index (χ4v) is 3.18. The van der Waals surface area contributed by atoms with Crippen molar-refractivity contribution in [3.8, 4) is 6.07 Å². The van der Waals surface area contributed by atoms with Crippen LogP contribution in [0.3, 0.4) is 0 Å². The number of nitriles is 1. The standard InChI is InChI=1S/C20H31NO2S/c1-15-8-10-18(11-9-15)24-14-17(23-20(5,6)7)12-16(13-21)22-19(2,3)4/h8-11,16-17H,12,14H2,1-7H3/t16-,17+/m0/s1. The Hall–Kier alpha value is -1.02. The van der Waals surface area contributed by atoms with Gasteiger partial charge in [0.2, 0.25) is 0 Å². The highest BCUT2D eigenvalue weighted by Gasteiger charge is 2.26. The van der Waals surface area contributed by atoms with E-state index in [0.717, 1.165) is 5.75 Å². The molecule has 0 amide bonds. The molecular weight excluding hydrogens is 318 g/mol. The smallest absolute Gasteiger partial charge is 0.147 e. The van der Waals surface area contributed by atoms with Gasteiger partial charge in [0.05, 0.1) is 23.4 Å². The highest BCUT2D eigenvalue weighted by Crippen LogP contribution is 2.25. The molecule has 0 radical (unpaired) electrons. The average Bonchev–Trinajstić information content (AvgIpc) is 2.42. The molecule has 24 heavy (non-hydrogen) atoms. The molecule has 0 unspecified atom stereocenters. The van der Waals surface area contributed by atoms with Crippen LogP contribution in [0.5, 0.6) is 0 Å². The molecule has 0 aliphatic heterocycles. The molecule has 0 N–H and O–H groups in total. The van der Waals surface area contributed by atoms with E-state index in [0.29, 0.717) is 6.42 Å².